The van der Waals surface area contributed by atoms with Gasteiger partial charge in [0.05, 0.1) is 17.4 Å². The summed E-state index contributed by atoms with van der Waals surface area (Å²) in [6.45, 7) is 10.2. The quantitative estimate of drug-likeness (QED) is 0.265. The Kier molecular flexibility index (Phi) is 7.66. The maximum atomic E-state index is 13.3. The molecule has 1 saturated carbocycles. The van der Waals surface area contributed by atoms with Gasteiger partial charge in [-0.25, -0.2) is 9.59 Å². The van der Waals surface area contributed by atoms with Crippen LogP contribution in [0.4, 0.5) is 0 Å². The average Bonchev–Trinajstić information content (AvgIpc) is 2.93. The van der Waals surface area contributed by atoms with Crippen molar-refractivity contribution in [1.82, 2.24) is 0 Å². The van der Waals surface area contributed by atoms with Gasteiger partial charge in [-0.05, 0) is 76.7 Å². The van der Waals surface area contributed by atoms with Crippen molar-refractivity contribution in [2.24, 2.45) is 29.1 Å². The maximum Gasteiger partial charge on any atom is 0.339 e. The number of rotatable bonds is 7. The first-order chi connectivity index (χ1) is 14.7. The Morgan fingerprint density at radius 1 is 1.25 bits per heavy atom. The summed E-state index contributed by atoms with van der Waals surface area (Å²) < 4.78 is 5.17. The highest BCUT2D eigenvalue weighted by molar-refractivity contribution is 6.18. The first-order valence-electron chi connectivity index (χ1n) is 10.9. The van der Waals surface area contributed by atoms with Crippen LogP contribution in [0.3, 0.4) is 0 Å². The van der Waals surface area contributed by atoms with Crippen LogP contribution in [0, 0.1) is 29.1 Å². The minimum Gasteiger partial charge on any atom is -0.478 e. The van der Waals surface area contributed by atoms with Crippen LogP contribution >= 0.6 is 0 Å². The van der Waals surface area contributed by atoms with Crippen LogP contribution in [0.1, 0.15) is 60.8 Å². The molecule has 2 N–H and O–H groups in total. The highest BCUT2D eigenvalue weighted by atomic mass is 16.5. The molecule has 0 spiro atoms. The van der Waals surface area contributed by atoms with Gasteiger partial charge in [-0.15, -0.1) is 0 Å². The number of aliphatic hydroxyl groups is 1. The minimum atomic E-state index is -1.34. The molecule has 0 heterocycles. The number of carboxylic acid groups (broad SMARTS) is 1. The molecule has 0 unspecified atom stereocenters. The van der Waals surface area contributed by atoms with Crippen LogP contribution in [-0.4, -0.2) is 39.3 Å². The zero-order valence-electron chi connectivity index (χ0n) is 19.7. The zero-order chi connectivity index (χ0) is 24.4. The molecule has 2 aliphatic carbocycles. The molecule has 0 saturated heterocycles. The van der Waals surface area contributed by atoms with Crippen molar-refractivity contribution in [2.45, 2.75) is 66.4 Å². The van der Waals surface area contributed by atoms with E-state index in [4.69, 9.17) is 4.74 Å². The van der Waals surface area contributed by atoms with Crippen molar-refractivity contribution in [3.63, 3.8) is 0 Å². The van der Waals surface area contributed by atoms with Gasteiger partial charge >= 0.3 is 11.9 Å². The number of esters is 1. The van der Waals surface area contributed by atoms with E-state index in [9.17, 15) is 29.4 Å². The lowest BCUT2D eigenvalue weighted by molar-refractivity contribution is -0.136. The fourth-order valence-electron chi connectivity index (χ4n) is 5.37. The van der Waals surface area contributed by atoms with Gasteiger partial charge in [0.2, 0.25) is 0 Å². The number of hydrogen-bond donors (Lipinski definition) is 2. The normalized spacial score (nSPS) is 30.3. The molecule has 7 nitrogen and oxygen atoms in total. The van der Waals surface area contributed by atoms with Gasteiger partial charge in [-0.2, -0.15) is 0 Å². The van der Waals surface area contributed by atoms with Gasteiger partial charge in [-0.3, -0.25) is 4.79 Å². The lowest BCUT2D eigenvalue weighted by Crippen LogP contribution is -2.41. The van der Waals surface area contributed by atoms with E-state index in [1.54, 1.807) is 33.8 Å². The summed E-state index contributed by atoms with van der Waals surface area (Å²) in [6.07, 6.45) is 6.81. The van der Waals surface area contributed by atoms with Gasteiger partial charge in [0, 0.05) is 18.4 Å². The monoisotopic (exact) mass is 446 g/mol. The van der Waals surface area contributed by atoms with Crippen LogP contribution < -0.4 is 0 Å². The molecule has 32 heavy (non-hydrogen) atoms. The summed E-state index contributed by atoms with van der Waals surface area (Å²) >= 11 is 0. The van der Waals surface area contributed by atoms with Crippen LogP contribution in [0.5, 0.6) is 0 Å². The first kappa shape index (κ1) is 25.7. The Bertz CT molecular complexity index is 882. The second-order valence-corrected chi connectivity index (χ2v) is 10.1. The molecule has 0 aromatic rings. The van der Waals surface area contributed by atoms with E-state index in [1.807, 2.05) is 6.92 Å². The van der Waals surface area contributed by atoms with E-state index < -0.39 is 46.5 Å². The standard InChI is InChI=1S/C25H34O7/c1-14(2)11-21(27)32-10-8-18-16(12-15(3)26)22(28)17(23(29)30)13-20-19(24(4,5)31)7-9-25(18,20)6/h8,10-11,13,16,18-20,31H,7,9,12H2,1-6H3,(H,29,30)/b10-8+/t16-,18-,19-,20-,25+/m0/s1. The largest absolute Gasteiger partial charge is 0.478 e. The Balaban J connectivity index is 2.60. The third-order valence-electron chi connectivity index (χ3n) is 6.85. The molecule has 0 aromatic carbocycles. The van der Waals surface area contributed by atoms with Crippen molar-refractivity contribution in [3.05, 3.63) is 35.6 Å². The van der Waals surface area contributed by atoms with Crippen molar-refractivity contribution in [1.29, 1.82) is 0 Å². The first-order valence-corrected chi connectivity index (χ1v) is 10.9. The summed E-state index contributed by atoms with van der Waals surface area (Å²) in [7, 11) is 0. The van der Waals surface area contributed by atoms with Gasteiger partial charge in [0.15, 0.2) is 5.78 Å². The molecule has 0 aliphatic heterocycles. The fraction of sp³-hybridized carbons (Fsp3) is 0.600. The zero-order valence-corrected chi connectivity index (χ0v) is 19.7. The summed E-state index contributed by atoms with van der Waals surface area (Å²) in [5, 5.41) is 20.5. The number of ether oxygens (including phenoxy) is 1. The van der Waals surface area contributed by atoms with Gasteiger partial charge in [0.25, 0.3) is 0 Å². The second kappa shape index (κ2) is 9.53. The van der Waals surface area contributed by atoms with Crippen molar-refractivity contribution >= 4 is 23.5 Å². The lowest BCUT2D eigenvalue weighted by Gasteiger charge is -2.41. The fourth-order valence-corrected chi connectivity index (χ4v) is 5.37. The summed E-state index contributed by atoms with van der Waals surface area (Å²) in [4.78, 5) is 49.2. The Morgan fingerprint density at radius 2 is 1.88 bits per heavy atom. The Hall–Kier alpha value is -2.54. The molecule has 5 atom stereocenters. The van der Waals surface area contributed by atoms with E-state index >= 15 is 0 Å². The number of allylic oxidation sites excluding steroid dienone is 3. The van der Waals surface area contributed by atoms with Gasteiger partial charge < -0.3 is 19.7 Å². The predicted octanol–water partition coefficient (Wildman–Crippen LogP) is 3.62. The molecule has 0 bridgehead atoms. The second-order valence-electron chi connectivity index (χ2n) is 10.1. The molecular formula is C25H34O7. The van der Waals surface area contributed by atoms with Crippen molar-refractivity contribution in [3.8, 4) is 0 Å². The number of ketones is 2. The van der Waals surface area contributed by atoms with E-state index in [1.165, 1.54) is 25.3 Å². The smallest absolute Gasteiger partial charge is 0.339 e. The van der Waals surface area contributed by atoms with Crippen LogP contribution in [0.25, 0.3) is 0 Å². The predicted molar refractivity (Wildman–Crippen MR) is 118 cm³/mol. The molecule has 7 heteroatoms. The van der Waals surface area contributed by atoms with Crippen LogP contribution in [-0.2, 0) is 23.9 Å². The topological polar surface area (TPSA) is 118 Å². The molecule has 0 radical (unpaired) electrons. The third kappa shape index (κ3) is 5.44. The third-order valence-corrected chi connectivity index (χ3v) is 6.85. The number of carbonyl (C=O) groups is 4. The molecule has 2 rings (SSSR count). The summed E-state index contributed by atoms with van der Waals surface area (Å²) in [5.41, 5.74) is -1.28. The van der Waals surface area contributed by atoms with E-state index in [0.717, 1.165) is 5.57 Å². The van der Waals surface area contributed by atoms with Crippen molar-refractivity contribution in [2.75, 3.05) is 0 Å². The molecule has 1 fully saturated rings. The van der Waals surface area contributed by atoms with Gasteiger partial charge in [0.1, 0.15) is 5.78 Å². The molecule has 0 amide bonds. The van der Waals surface area contributed by atoms with E-state index in [2.05, 4.69) is 0 Å². The summed E-state index contributed by atoms with van der Waals surface area (Å²) in [6, 6.07) is 0. The lowest BCUT2D eigenvalue weighted by atomic mass is 9.62. The molecule has 0 aromatic heterocycles. The van der Waals surface area contributed by atoms with Crippen LogP contribution in [0.2, 0.25) is 0 Å². The molecule has 2 aliphatic rings. The average molecular weight is 447 g/mol. The summed E-state index contributed by atoms with van der Waals surface area (Å²) in [5.74, 6) is -4.86. The molecular weight excluding hydrogens is 412 g/mol. The molecule has 176 valence electrons. The van der Waals surface area contributed by atoms with E-state index in [-0.39, 0.29) is 23.7 Å². The van der Waals surface area contributed by atoms with E-state index in [0.29, 0.717) is 12.8 Å². The van der Waals surface area contributed by atoms with Crippen molar-refractivity contribution < 1.29 is 34.1 Å². The number of carboxylic acids is 1. The number of carbonyl (C=O) groups excluding carboxylic acids is 3. The Morgan fingerprint density at radius 3 is 2.38 bits per heavy atom. The number of aliphatic carboxylic acids is 1. The highest BCUT2D eigenvalue weighted by Gasteiger charge is 2.56. The van der Waals surface area contributed by atoms with Gasteiger partial charge in [-0.1, -0.05) is 18.6 Å². The SMILES string of the molecule is CC(=O)C[C@@H]1C(=O)C(C(=O)O)=C[C@H]2[C@@H](C(C)(C)O)CC[C@]2(C)[C@H]1/C=C/OC(=O)C=C(C)C. The Labute approximate surface area is 189 Å². The number of fused-ring (bicyclic) bond motifs is 1. The maximum absolute atomic E-state index is 13.3. The van der Waals surface area contributed by atoms with Crippen LogP contribution in [0.15, 0.2) is 35.6 Å². The number of Topliss-reactive ketones (excluding diaryl/α,β-unsaturated/α-hetero) is 2. The highest BCUT2D eigenvalue weighted by Crippen LogP contribution is 2.59. The minimum absolute atomic E-state index is 0.115. The number of hydrogen-bond acceptors (Lipinski definition) is 6.